The number of nitrogens with one attached hydrogen (secondary N) is 2. The number of carbonyl (C=O) groups excluding carboxylic acids is 2. The molecule has 25 heavy (non-hydrogen) atoms. The monoisotopic (exact) mass is 356 g/mol. The summed E-state index contributed by atoms with van der Waals surface area (Å²) in [5, 5.41) is 6.34. The zero-order valence-corrected chi connectivity index (χ0v) is 15.2. The lowest BCUT2D eigenvalue weighted by Crippen LogP contribution is -2.36. The number of pyridine rings is 1. The standard InChI is InChI=1S/C18H20N4O2S/c1-4-19-13(23)10-20-17(24)16-15(22-7-5-6-8-22)14-11(2)9-12(3)21-18(14)25-16/h5-9H,4,10H2,1-3H3,(H,19,23)(H,20,24). The van der Waals surface area contributed by atoms with Crippen molar-refractivity contribution in [3.8, 4) is 5.69 Å². The van der Waals surface area contributed by atoms with Crippen molar-refractivity contribution in [3.63, 3.8) is 0 Å². The zero-order chi connectivity index (χ0) is 18.0. The molecule has 2 N–H and O–H groups in total. The van der Waals surface area contributed by atoms with Gasteiger partial charge in [0, 0.05) is 30.0 Å². The summed E-state index contributed by atoms with van der Waals surface area (Å²) in [6.07, 6.45) is 3.81. The van der Waals surface area contributed by atoms with E-state index in [4.69, 9.17) is 0 Å². The van der Waals surface area contributed by atoms with E-state index in [0.29, 0.717) is 11.4 Å². The van der Waals surface area contributed by atoms with Gasteiger partial charge in [-0.3, -0.25) is 9.59 Å². The van der Waals surface area contributed by atoms with E-state index in [1.165, 1.54) is 11.3 Å². The smallest absolute Gasteiger partial charge is 0.264 e. The van der Waals surface area contributed by atoms with Crippen LogP contribution >= 0.6 is 11.3 Å². The molecule has 0 saturated carbocycles. The first-order valence-corrected chi connectivity index (χ1v) is 8.92. The minimum Gasteiger partial charge on any atom is -0.355 e. The second-order valence-corrected chi connectivity index (χ2v) is 6.77. The van der Waals surface area contributed by atoms with Crippen molar-refractivity contribution in [1.29, 1.82) is 0 Å². The van der Waals surface area contributed by atoms with E-state index in [-0.39, 0.29) is 18.4 Å². The van der Waals surface area contributed by atoms with Gasteiger partial charge in [0.1, 0.15) is 9.71 Å². The van der Waals surface area contributed by atoms with Crippen LogP contribution in [0.1, 0.15) is 27.9 Å². The largest absolute Gasteiger partial charge is 0.355 e. The molecule has 6 nitrogen and oxygen atoms in total. The molecule has 0 radical (unpaired) electrons. The van der Waals surface area contributed by atoms with Gasteiger partial charge in [-0.1, -0.05) is 0 Å². The highest BCUT2D eigenvalue weighted by Crippen LogP contribution is 2.35. The number of aryl methyl sites for hydroxylation is 2. The van der Waals surface area contributed by atoms with Crippen molar-refractivity contribution in [1.82, 2.24) is 20.2 Å². The van der Waals surface area contributed by atoms with Gasteiger partial charge in [0.25, 0.3) is 5.91 Å². The fourth-order valence-electron chi connectivity index (χ4n) is 2.81. The van der Waals surface area contributed by atoms with Gasteiger partial charge < -0.3 is 15.2 Å². The van der Waals surface area contributed by atoms with Gasteiger partial charge >= 0.3 is 0 Å². The fourth-order valence-corrected chi connectivity index (χ4v) is 4.02. The molecule has 0 unspecified atom stereocenters. The van der Waals surface area contributed by atoms with Gasteiger partial charge in [-0.2, -0.15) is 0 Å². The highest BCUT2D eigenvalue weighted by molar-refractivity contribution is 7.21. The van der Waals surface area contributed by atoms with E-state index >= 15 is 0 Å². The Balaban J connectivity index is 2.05. The van der Waals surface area contributed by atoms with Crippen LogP contribution in [0.2, 0.25) is 0 Å². The van der Waals surface area contributed by atoms with E-state index in [2.05, 4.69) is 15.6 Å². The number of thiophene rings is 1. The second kappa shape index (κ2) is 7.06. The van der Waals surface area contributed by atoms with Gasteiger partial charge in [-0.25, -0.2) is 4.98 Å². The quantitative estimate of drug-likeness (QED) is 0.738. The number of rotatable bonds is 5. The summed E-state index contributed by atoms with van der Waals surface area (Å²) in [4.78, 5) is 30.3. The van der Waals surface area contributed by atoms with Crippen LogP contribution < -0.4 is 10.6 Å². The summed E-state index contributed by atoms with van der Waals surface area (Å²) in [5.74, 6) is -0.473. The van der Waals surface area contributed by atoms with Gasteiger partial charge in [-0.05, 0) is 44.5 Å². The molecule has 3 heterocycles. The average molecular weight is 356 g/mol. The highest BCUT2D eigenvalue weighted by Gasteiger charge is 2.22. The van der Waals surface area contributed by atoms with Crippen LogP contribution in [0.3, 0.4) is 0 Å². The van der Waals surface area contributed by atoms with Gasteiger partial charge in [0.2, 0.25) is 5.91 Å². The molecule has 130 valence electrons. The first-order chi connectivity index (χ1) is 12.0. The lowest BCUT2D eigenvalue weighted by atomic mass is 10.1. The minimum atomic E-state index is -0.269. The Hall–Kier alpha value is -2.67. The van der Waals surface area contributed by atoms with E-state index in [1.54, 1.807) is 0 Å². The molecule has 7 heteroatoms. The molecule has 0 saturated heterocycles. The second-order valence-electron chi connectivity index (χ2n) is 5.77. The molecule has 2 amide bonds. The molecular formula is C18H20N4O2S. The van der Waals surface area contributed by atoms with Crippen LogP contribution in [0.15, 0.2) is 30.6 Å². The van der Waals surface area contributed by atoms with Crippen molar-refractivity contribution < 1.29 is 9.59 Å². The van der Waals surface area contributed by atoms with E-state index < -0.39 is 0 Å². The van der Waals surface area contributed by atoms with Crippen molar-refractivity contribution in [2.75, 3.05) is 13.1 Å². The topological polar surface area (TPSA) is 76.0 Å². The van der Waals surface area contributed by atoms with Crippen molar-refractivity contribution in [2.45, 2.75) is 20.8 Å². The van der Waals surface area contributed by atoms with Crippen LogP contribution in [0.5, 0.6) is 0 Å². The third kappa shape index (κ3) is 3.41. The van der Waals surface area contributed by atoms with Crippen molar-refractivity contribution >= 4 is 33.4 Å². The number of nitrogens with zero attached hydrogens (tertiary/aromatic N) is 2. The Bertz CT molecular complexity index is 928. The van der Waals surface area contributed by atoms with E-state index in [9.17, 15) is 9.59 Å². The third-order valence-corrected chi connectivity index (χ3v) is 4.89. The van der Waals surface area contributed by atoms with Gasteiger partial charge in [0.05, 0.1) is 12.2 Å². The Morgan fingerprint density at radius 1 is 1.20 bits per heavy atom. The van der Waals surface area contributed by atoms with Crippen LogP contribution in [0.25, 0.3) is 15.9 Å². The highest BCUT2D eigenvalue weighted by atomic mass is 32.1. The third-order valence-electron chi connectivity index (χ3n) is 3.81. The molecular weight excluding hydrogens is 336 g/mol. The Morgan fingerprint density at radius 2 is 1.92 bits per heavy atom. The number of likely N-dealkylation sites (N-methyl/N-ethyl adjacent to an activating group) is 1. The summed E-state index contributed by atoms with van der Waals surface area (Å²) in [6.45, 7) is 6.29. The summed E-state index contributed by atoms with van der Waals surface area (Å²) in [5.41, 5.74) is 2.80. The predicted molar refractivity (Wildman–Crippen MR) is 99.4 cm³/mol. The predicted octanol–water partition coefficient (Wildman–Crippen LogP) is 2.57. The summed E-state index contributed by atoms with van der Waals surface area (Å²) in [6, 6.07) is 5.84. The van der Waals surface area contributed by atoms with E-state index in [0.717, 1.165) is 27.2 Å². The maximum atomic E-state index is 12.7. The van der Waals surface area contributed by atoms with Crippen molar-refractivity contribution in [2.24, 2.45) is 0 Å². The number of hydrogen-bond acceptors (Lipinski definition) is 4. The Morgan fingerprint density at radius 3 is 2.60 bits per heavy atom. The molecule has 0 spiro atoms. The summed E-state index contributed by atoms with van der Waals surface area (Å²) >= 11 is 1.35. The van der Waals surface area contributed by atoms with Crippen LogP contribution in [-0.4, -0.2) is 34.5 Å². The first kappa shape index (κ1) is 17.2. The molecule has 0 atom stereocenters. The molecule has 0 aliphatic carbocycles. The molecule has 3 aromatic rings. The molecule has 0 bridgehead atoms. The lowest BCUT2D eigenvalue weighted by Gasteiger charge is -2.08. The van der Waals surface area contributed by atoms with Crippen molar-refractivity contribution in [3.05, 3.63) is 46.7 Å². The maximum absolute atomic E-state index is 12.7. The number of aromatic nitrogens is 2. The van der Waals surface area contributed by atoms with E-state index in [1.807, 2.05) is 55.9 Å². The maximum Gasteiger partial charge on any atom is 0.264 e. The average Bonchev–Trinajstić information content (AvgIpc) is 3.19. The number of fused-ring (bicyclic) bond motifs is 1. The normalized spacial score (nSPS) is 10.8. The molecule has 0 aliphatic heterocycles. The number of carbonyl (C=O) groups is 2. The number of hydrogen-bond donors (Lipinski definition) is 2. The van der Waals surface area contributed by atoms with Crippen LogP contribution in [0.4, 0.5) is 0 Å². The van der Waals surface area contributed by atoms with Crippen LogP contribution in [-0.2, 0) is 4.79 Å². The van der Waals surface area contributed by atoms with Crippen LogP contribution in [0, 0.1) is 13.8 Å². The summed E-state index contributed by atoms with van der Waals surface area (Å²) in [7, 11) is 0. The fraction of sp³-hybridized carbons (Fsp3) is 0.278. The SMILES string of the molecule is CCNC(=O)CNC(=O)c1sc2nc(C)cc(C)c2c1-n1cccc1. The molecule has 3 aromatic heterocycles. The summed E-state index contributed by atoms with van der Waals surface area (Å²) < 4.78 is 1.92. The van der Waals surface area contributed by atoms with Gasteiger partial charge in [-0.15, -0.1) is 11.3 Å². The minimum absolute atomic E-state index is 0.0442. The molecule has 0 aliphatic rings. The lowest BCUT2D eigenvalue weighted by molar-refractivity contribution is -0.120. The zero-order valence-electron chi connectivity index (χ0n) is 14.4. The Labute approximate surface area is 149 Å². The number of amides is 2. The molecule has 0 aromatic carbocycles. The molecule has 0 fully saturated rings. The molecule has 3 rings (SSSR count). The Kier molecular flexibility index (Phi) is 4.85. The van der Waals surface area contributed by atoms with Gasteiger partial charge in [0.15, 0.2) is 0 Å². The first-order valence-electron chi connectivity index (χ1n) is 8.10.